The Balaban J connectivity index is 2.33. The minimum absolute atomic E-state index is 0.305. The second kappa shape index (κ2) is 5.28. The Morgan fingerprint density at radius 1 is 1.33 bits per heavy atom. The molecule has 1 N–H and O–H groups in total. The number of halogens is 1. The molecular formula is C12H16BrNO3S. The molecule has 0 spiro atoms. The Labute approximate surface area is 116 Å². The van der Waals surface area contributed by atoms with Gasteiger partial charge in [0.15, 0.2) is 0 Å². The van der Waals surface area contributed by atoms with Crippen molar-refractivity contribution < 1.29 is 13.5 Å². The normalized spacial score (nSPS) is 19.1. The molecule has 1 fully saturated rings. The largest absolute Gasteiger partial charge is 0.393 e. The van der Waals surface area contributed by atoms with Crippen LogP contribution in [0.5, 0.6) is 0 Å². The van der Waals surface area contributed by atoms with Crippen molar-refractivity contribution in [3.05, 3.63) is 28.2 Å². The molecule has 0 aromatic heterocycles. The zero-order chi connectivity index (χ0) is 13.3. The van der Waals surface area contributed by atoms with E-state index in [4.69, 9.17) is 0 Å². The summed E-state index contributed by atoms with van der Waals surface area (Å²) >= 11 is 3.29. The van der Waals surface area contributed by atoms with E-state index in [2.05, 4.69) is 15.9 Å². The predicted molar refractivity (Wildman–Crippen MR) is 72.9 cm³/mol. The fraction of sp³-hybridized carbons (Fsp3) is 0.500. The Morgan fingerprint density at radius 2 is 1.94 bits per heavy atom. The van der Waals surface area contributed by atoms with Gasteiger partial charge in [0.25, 0.3) is 0 Å². The molecule has 1 saturated heterocycles. The fourth-order valence-corrected chi connectivity index (χ4v) is 4.51. The molecule has 0 aliphatic carbocycles. The molecule has 100 valence electrons. The molecular weight excluding hydrogens is 318 g/mol. The Kier molecular flexibility index (Phi) is 4.11. The summed E-state index contributed by atoms with van der Waals surface area (Å²) in [5.41, 5.74) is 0.911. The lowest BCUT2D eigenvalue weighted by molar-refractivity contribution is 0.113. The van der Waals surface area contributed by atoms with Crippen LogP contribution in [0.15, 0.2) is 27.6 Å². The van der Waals surface area contributed by atoms with Gasteiger partial charge in [-0.25, -0.2) is 8.42 Å². The van der Waals surface area contributed by atoms with E-state index in [1.807, 2.05) is 13.0 Å². The van der Waals surface area contributed by atoms with Crippen LogP contribution in [0.1, 0.15) is 18.4 Å². The zero-order valence-corrected chi connectivity index (χ0v) is 12.5. The monoisotopic (exact) mass is 333 g/mol. The number of hydrogen-bond donors (Lipinski definition) is 1. The summed E-state index contributed by atoms with van der Waals surface area (Å²) in [6, 6.07) is 5.29. The summed E-state index contributed by atoms with van der Waals surface area (Å²) in [7, 11) is -3.46. The number of aliphatic hydroxyl groups is 1. The maximum Gasteiger partial charge on any atom is 0.244 e. The number of aliphatic hydroxyl groups excluding tert-OH is 1. The molecule has 1 aromatic carbocycles. The Bertz CT molecular complexity index is 536. The maximum atomic E-state index is 12.5. The number of nitrogens with zero attached hydrogens (tertiary/aromatic N) is 1. The Morgan fingerprint density at radius 3 is 2.56 bits per heavy atom. The predicted octanol–water partition coefficient (Wildman–Crippen LogP) is 1.90. The number of hydrogen-bond acceptors (Lipinski definition) is 3. The second-order valence-corrected chi connectivity index (χ2v) is 7.33. The average molecular weight is 334 g/mol. The van der Waals surface area contributed by atoms with Crippen molar-refractivity contribution in [3.63, 3.8) is 0 Å². The molecule has 1 heterocycles. The molecule has 0 saturated carbocycles. The van der Waals surface area contributed by atoms with E-state index in [0.29, 0.717) is 35.3 Å². The molecule has 18 heavy (non-hydrogen) atoms. The third-order valence-electron chi connectivity index (χ3n) is 3.13. The van der Waals surface area contributed by atoms with Crippen LogP contribution < -0.4 is 0 Å². The fourth-order valence-electron chi connectivity index (χ4n) is 2.03. The van der Waals surface area contributed by atoms with Crippen molar-refractivity contribution in [1.29, 1.82) is 0 Å². The van der Waals surface area contributed by atoms with Gasteiger partial charge < -0.3 is 5.11 Å². The number of benzene rings is 1. The van der Waals surface area contributed by atoms with Crippen LogP contribution in [-0.2, 0) is 10.0 Å². The highest BCUT2D eigenvalue weighted by atomic mass is 79.9. The summed E-state index contributed by atoms with van der Waals surface area (Å²) in [4.78, 5) is 0.305. The second-order valence-electron chi connectivity index (χ2n) is 4.57. The summed E-state index contributed by atoms with van der Waals surface area (Å²) < 4.78 is 27.0. The van der Waals surface area contributed by atoms with Crippen LogP contribution in [0.2, 0.25) is 0 Å². The van der Waals surface area contributed by atoms with Crippen LogP contribution >= 0.6 is 15.9 Å². The minimum atomic E-state index is -3.46. The highest BCUT2D eigenvalue weighted by Crippen LogP contribution is 2.27. The van der Waals surface area contributed by atoms with Crippen molar-refractivity contribution >= 4 is 26.0 Å². The van der Waals surface area contributed by atoms with Crippen molar-refractivity contribution in [2.24, 2.45) is 0 Å². The molecule has 0 bridgehead atoms. The summed E-state index contributed by atoms with van der Waals surface area (Å²) in [6.07, 6.45) is 0.628. The highest BCUT2D eigenvalue weighted by Gasteiger charge is 2.30. The third-order valence-corrected chi connectivity index (χ3v) is 6.02. The van der Waals surface area contributed by atoms with Gasteiger partial charge in [-0.15, -0.1) is 0 Å². The topological polar surface area (TPSA) is 57.6 Å². The molecule has 1 aromatic rings. The average Bonchev–Trinajstić information content (AvgIpc) is 2.32. The molecule has 0 unspecified atom stereocenters. The maximum absolute atomic E-state index is 12.5. The van der Waals surface area contributed by atoms with Crippen LogP contribution in [0, 0.1) is 6.92 Å². The van der Waals surface area contributed by atoms with E-state index in [-0.39, 0.29) is 6.10 Å². The third kappa shape index (κ3) is 2.77. The molecule has 2 rings (SSSR count). The quantitative estimate of drug-likeness (QED) is 0.899. The molecule has 0 radical (unpaired) electrons. The molecule has 6 heteroatoms. The molecule has 0 amide bonds. The van der Waals surface area contributed by atoms with Gasteiger partial charge in [-0.1, -0.05) is 6.07 Å². The SMILES string of the molecule is Cc1ccc(Br)c(S(=O)(=O)N2CCC(O)CC2)c1. The van der Waals surface area contributed by atoms with E-state index in [1.165, 1.54) is 4.31 Å². The summed E-state index contributed by atoms with van der Waals surface area (Å²) in [6.45, 7) is 2.62. The van der Waals surface area contributed by atoms with Gasteiger partial charge in [-0.3, -0.25) is 0 Å². The lowest BCUT2D eigenvalue weighted by Gasteiger charge is -2.29. The van der Waals surface area contributed by atoms with Gasteiger partial charge >= 0.3 is 0 Å². The number of piperidine rings is 1. The standard InChI is InChI=1S/C12H16BrNO3S/c1-9-2-3-11(13)12(8-9)18(16,17)14-6-4-10(15)5-7-14/h2-3,8,10,15H,4-7H2,1H3. The van der Waals surface area contributed by atoms with Gasteiger partial charge in [-0.05, 0) is 53.4 Å². The van der Waals surface area contributed by atoms with E-state index >= 15 is 0 Å². The molecule has 1 aliphatic heterocycles. The van der Waals surface area contributed by atoms with Crippen LogP contribution in [0.3, 0.4) is 0 Å². The molecule has 0 atom stereocenters. The minimum Gasteiger partial charge on any atom is -0.393 e. The van der Waals surface area contributed by atoms with Gasteiger partial charge in [0, 0.05) is 17.6 Å². The van der Waals surface area contributed by atoms with E-state index in [1.54, 1.807) is 12.1 Å². The van der Waals surface area contributed by atoms with E-state index in [9.17, 15) is 13.5 Å². The lowest BCUT2D eigenvalue weighted by atomic mass is 10.1. The first-order valence-electron chi connectivity index (χ1n) is 5.85. The number of rotatable bonds is 2. The number of aryl methyl sites for hydroxylation is 1. The van der Waals surface area contributed by atoms with Crippen LogP contribution in [-0.4, -0.2) is 37.0 Å². The van der Waals surface area contributed by atoms with Gasteiger partial charge in [0.2, 0.25) is 10.0 Å². The van der Waals surface area contributed by atoms with Crippen LogP contribution in [0.4, 0.5) is 0 Å². The van der Waals surface area contributed by atoms with Gasteiger partial charge in [-0.2, -0.15) is 4.31 Å². The number of sulfonamides is 1. The zero-order valence-electron chi connectivity index (χ0n) is 10.1. The first-order valence-corrected chi connectivity index (χ1v) is 8.09. The van der Waals surface area contributed by atoms with E-state index < -0.39 is 10.0 Å². The smallest absolute Gasteiger partial charge is 0.244 e. The van der Waals surface area contributed by atoms with Crippen molar-refractivity contribution in [2.75, 3.05) is 13.1 Å². The first kappa shape index (κ1) is 14.0. The molecule has 1 aliphatic rings. The van der Waals surface area contributed by atoms with Crippen LogP contribution in [0.25, 0.3) is 0 Å². The van der Waals surface area contributed by atoms with E-state index in [0.717, 1.165) is 5.56 Å². The summed E-state index contributed by atoms with van der Waals surface area (Å²) in [5.74, 6) is 0. The van der Waals surface area contributed by atoms with Crippen molar-refractivity contribution in [2.45, 2.75) is 30.8 Å². The molecule has 4 nitrogen and oxygen atoms in total. The van der Waals surface area contributed by atoms with Crippen molar-refractivity contribution in [3.8, 4) is 0 Å². The van der Waals surface area contributed by atoms with Gasteiger partial charge in [0.1, 0.15) is 0 Å². The van der Waals surface area contributed by atoms with Crippen molar-refractivity contribution in [1.82, 2.24) is 4.31 Å². The highest BCUT2D eigenvalue weighted by molar-refractivity contribution is 9.10. The summed E-state index contributed by atoms with van der Waals surface area (Å²) in [5, 5.41) is 9.43. The first-order chi connectivity index (χ1) is 8.41. The lowest BCUT2D eigenvalue weighted by Crippen LogP contribution is -2.40. The van der Waals surface area contributed by atoms with Gasteiger partial charge in [0.05, 0.1) is 11.0 Å². The Hall–Kier alpha value is -0.430.